The lowest BCUT2D eigenvalue weighted by Crippen LogP contribution is -2.23. The maximum atomic E-state index is 12.6. The molecule has 4 nitrogen and oxygen atoms in total. The number of rotatable bonds is 3. The quantitative estimate of drug-likeness (QED) is 0.782. The van der Waals surface area contributed by atoms with E-state index in [1.165, 1.54) is 0 Å². The highest BCUT2D eigenvalue weighted by atomic mass is 16.2. The molecule has 1 aliphatic rings. The SMILES string of the molecule is O=C(Nc1ccc(N2CCCC2=O)cc1)c1cccc2ccccc12. The summed E-state index contributed by atoms with van der Waals surface area (Å²) in [4.78, 5) is 26.2. The second-order valence-electron chi connectivity index (χ2n) is 6.18. The smallest absolute Gasteiger partial charge is 0.256 e. The van der Waals surface area contributed by atoms with E-state index in [9.17, 15) is 9.59 Å². The first-order valence-electron chi connectivity index (χ1n) is 8.42. The molecule has 0 saturated carbocycles. The lowest BCUT2D eigenvalue weighted by Gasteiger charge is -2.16. The lowest BCUT2D eigenvalue weighted by atomic mass is 10.0. The van der Waals surface area contributed by atoms with E-state index in [1.807, 2.05) is 66.7 Å². The second-order valence-corrected chi connectivity index (χ2v) is 6.18. The Morgan fingerprint density at radius 3 is 2.44 bits per heavy atom. The van der Waals surface area contributed by atoms with Crippen LogP contribution in [0.5, 0.6) is 0 Å². The van der Waals surface area contributed by atoms with Crippen LogP contribution in [0.25, 0.3) is 10.8 Å². The van der Waals surface area contributed by atoms with Crippen LogP contribution >= 0.6 is 0 Å². The molecule has 1 saturated heterocycles. The molecule has 0 unspecified atom stereocenters. The average Bonchev–Trinajstić information content (AvgIpc) is 3.08. The number of anilines is 2. The van der Waals surface area contributed by atoms with Gasteiger partial charge in [-0.2, -0.15) is 0 Å². The summed E-state index contributed by atoms with van der Waals surface area (Å²) >= 11 is 0. The van der Waals surface area contributed by atoms with Crippen LogP contribution in [0.15, 0.2) is 66.7 Å². The highest BCUT2D eigenvalue weighted by Crippen LogP contribution is 2.24. The van der Waals surface area contributed by atoms with Crippen LogP contribution in [-0.2, 0) is 4.79 Å². The first kappa shape index (κ1) is 15.4. The zero-order valence-electron chi connectivity index (χ0n) is 13.7. The molecule has 3 aromatic rings. The fraction of sp³-hybridized carbons (Fsp3) is 0.143. The van der Waals surface area contributed by atoms with Crippen LogP contribution in [0, 0.1) is 0 Å². The number of amides is 2. The minimum Gasteiger partial charge on any atom is -0.322 e. The van der Waals surface area contributed by atoms with Gasteiger partial charge in [0, 0.05) is 29.9 Å². The normalized spacial score (nSPS) is 14.1. The molecular weight excluding hydrogens is 312 g/mol. The maximum Gasteiger partial charge on any atom is 0.256 e. The van der Waals surface area contributed by atoms with Gasteiger partial charge >= 0.3 is 0 Å². The molecule has 0 spiro atoms. The number of hydrogen-bond acceptors (Lipinski definition) is 2. The Labute approximate surface area is 146 Å². The molecule has 1 aliphatic heterocycles. The Morgan fingerprint density at radius 1 is 0.920 bits per heavy atom. The monoisotopic (exact) mass is 330 g/mol. The van der Waals surface area contributed by atoms with Crippen molar-refractivity contribution in [3.05, 3.63) is 72.3 Å². The summed E-state index contributed by atoms with van der Waals surface area (Å²) in [5.74, 6) is 0.0225. The summed E-state index contributed by atoms with van der Waals surface area (Å²) < 4.78 is 0. The Balaban J connectivity index is 1.55. The van der Waals surface area contributed by atoms with E-state index >= 15 is 0 Å². The van der Waals surface area contributed by atoms with Crippen molar-refractivity contribution in [2.24, 2.45) is 0 Å². The third-order valence-electron chi connectivity index (χ3n) is 4.54. The molecule has 0 radical (unpaired) electrons. The molecule has 2 amide bonds. The summed E-state index contributed by atoms with van der Waals surface area (Å²) in [6, 6.07) is 21.0. The van der Waals surface area contributed by atoms with Gasteiger partial charge in [0.1, 0.15) is 0 Å². The van der Waals surface area contributed by atoms with Crippen molar-refractivity contribution in [2.45, 2.75) is 12.8 Å². The Kier molecular flexibility index (Phi) is 3.94. The standard InChI is InChI=1S/C21H18N2O2/c24-20-9-4-14-23(20)17-12-10-16(11-13-17)22-21(25)19-8-3-6-15-5-1-2-7-18(15)19/h1-3,5-8,10-13H,4,9,14H2,(H,22,25). The average molecular weight is 330 g/mol. The van der Waals surface area contributed by atoms with Crippen LogP contribution < -0.4 is 10.2 Å². The first-order chi connectivity index (χ1) is 12.2. The predicted molar refractivity (Wildman–Crippen MR) is 99.9 cm³/mol. The molecule has 1 fully saturated rings. The summed E-state index contributed by atoms with van der Waals surface area (Å²) in [7, 11) is 0. The number of fused-ring (bicyclic) bond motifs is 1. The van der Waals surface area contributed by atoms with Crippen LogP contribution in [0.2, 0.25) is 0 Å². The van der Waals surface area contributed by atoms with E-state index in [2.05, 4.69) is 5.32 Å². The topological polar surface area (TPSA) is 49.4 Å². The van der Waals surface area contributed by atoms with Gasteiger partial charge in [-0.3, -0.25) is 9.59 Å². The van der Waals surface area contributed by atoms with Gasteiger partial charge in [0.25, 0.3) is 5.91 Å². The number of hydrogen-bond donors (Lipinski definition) is 1. The lowest BCUT2D eigenvalue weighted by molar-refractivity contribution is -0.117. The second kappa shape index (κ2) is 6.40. The number of nitrogens with zero attached hydrogens (tertiary/aromatic N) is 1. The molecule has 0 atom stereocenters. The van der Waals surface area contributed by atoms with Gasteiger partial charge in [0.2, 0.25) is 5.91 Å². The van der Waals surface area contributed by atoms with E-state index in [0.29, 0.717) is 17.7 Å². The van der Waals surface area contributed by atoms with Crippen molar-refractivity contribution < 1.29 is 9.59 Å². The van der Waals surface area contributed by atoms with E-state index in [4.69, 9.17) is 0 Å². The van der Waals surface area contributed by atoms with Crippen molar-refractivity contribution in [1.29, 1.82) is 0 Å². The number of carbonyl (C=O) groups excluding carboxylic acids is 2. The molecule has 4 heteroatoms. The number of carbonyl (C=O) groups is 2. The fourth-order valence-electron chi connectivity index (χ4n) is 3.27. The molecule has 1 N–H and O–H groups in total. The molecule has 0 aliphatic carbocycles. The van der Waals surface area contributed by atoms with Gasteiger partial charge in [-0.15, -0.1) is 0 Å². The van der Waals surface area contributed by atoms with Gasteiger partial charge in [0.05, 0.1) is 0 Å². The van der Waals surface area contributed by atoms with E-state index in [0.717, 1.165) is 29.4 Å². The van der Waals surface area contributed by atoms with Crippen LogP contribution in [0.3, 0.4) is 0 Å². The Morgan fingerprint density at radius 2 is 1.68 bits per heavy atom. The van der Waals surface area contributed by atoms with Crippen molar-refractivity contribution >= 4 is 34.0 Å². The molecule has 1 heterocycles. The minimum absolute atomic E-state index is 0.137. The zero-order chi connectivity index (χ0) is 17.2. The third kappa shape index (κ3) is 2.98. The highest BCUT2D eigenvalue weighted by Gasteiger charge is 2.21. The van der Waals surface area contributed by atoms with Gasteiger partial charge in [0.15, 0.2) is 0 Å². The molecular formula is C21H18N2O2. The van der Waals surface area contributed by atoms with Crippen LogP contribution in [0.1, 0.15) is 23.2 Å². The van der Waals surface area contributed by atoms with Crippen molar-refractivity contribution in [3.8, 4) is 0 Å². The summed E-state index contributed by atoms with van der Waals surface area (Å²) in [5, 5.41) is 4.91. The molecule has 4 rings (SSSR count). The van der Waals surface area contributed by atoms with Gasteiger partial charge in [-0.05, 0) is 47.5 Å². The highest BCUT2D eigenvalue weighted by molar-refractivity contribution is 6.13. The van der Waals surface area contributed by atoms with Crippen molar-refractivity contribution in [1.82, 2.24) is 0 Å². The summed E-state index contributed by atoms with van der Waals surface area (Å²) in [6.45, 7) is 0.764. The molecule has 0 bridgehead atoms. The zero-order valence-corrected chi connectivity index (χ0v) is 13.7. The maximum absolute atomic E-state index is 12.6. The van der Waals surface area contributed by atoms with Gasteiger partial charge < -0.3 is 10.2 Å². The van der Waals surface area contributed by atoms with E-state index in [-0.39, 0.29) is 11.8 Å². The Bertz CT molecular complexity index is 942. The summed E-state index contributed by atoms with van der Waals surface area (Å²) in [6.07, 6.45) is 1.51. The largest absolute Gasteiger partial charge is 0.322 e. The molecule has 3 aromatic carbocycles. The number of nitrogens with one attached hydrogen (secondary N) is 1. The van der Waals surface area contributed by atoms with E-state index < -0.39 is 0 Å². The third-order valence-corrected chi connectivity index (χ3v) is 4.54. The molecule has 25 heavy (non-hydrogen) atoms. The first-order valence-corrected chi connectivity index (χ1v) is 8.42. The Hall–Kier alpha value is -3.14. The fourth-order valence-corrected chi connectivity index (χ4v) is 3.27. The van der Waals surface area contributed by atoms with Crippen molar-refractivity contribution in [2.75, 3.05) is 16.8 Å². The van der Waals surface area contributed by atoms with Gasteiger partial charge in [-0.25, -0.2) is 0 Å². The van der Waals surface area contributed by atoms with E-state index in [1.54, 1.807) is 4.90 Å². The summed E-state index contributed by atoms with van der Waals surface area (Å²) in [5.41, 5.74) is 2.25. The molecule has 0 aromatic heterocycles. The predicted octanol–water partition coefficient (Wildman–Crippen LogP) is 4.22. The van der Waals surface area contributed by atoms with Crippen molar-refractivity contribution in [3.63, 3.8) is 0 Å². The number of benzene rings is 3. The van der Waals surface area contributed by atoms with Crippen LogP contribution in [0.4, 0.5) is 11.4 Å². The van der Waals surface area contributed by atoms with Gasteiger partial charge in [-0.1, -0.05) is 36.4 Å². The minimum atomic E-state index is -0.137. The van der Waals surface area contributed by atoms with Crippen LogP contribution in [-0.4, -0.2) is 18.4 Å². The molecule has 124 valence electrons.